The van der Waals surface area contributed by atoms with Crippen molar-refractivity contribution in [1.82, 2.24) is 10.2 Å². The second kappa shape index (κ2) is 17.3. The van der Waals surface area contributed by atoms with Crippen LogP contribution in [0.4, 0.5) is 5.69 Å². The zero-order chi connectivity index (χ0) is 44.9. The lowest BCUT2D eigenvalue weighted by Gasteiger charge is -2.57. The molecule has 7 aliphatic carbocycles. The van der Waals surface area contributed by atoms with Crippen molar-refractivity contribution in [3.63, 3.8) is 0 Å². The number of rotatable bonds is 12. The van der Waals surface area contributed by atoms with Gasteiger partial charge in [-0.2, -0.15) is 0 Å². The van der Waals surface area contributed by atoms with Gasteiger partial charge in [0.1, 0.15) is 19.3 Å². The summed E-state index contributed by atoms with van der Waals surface area (Å²) >= 11 is 0. The zero-order valence-corrected chi connectivity index (χ0v) is 37.0. The molecule has 0 aromatic heterocycles. The van der Waals surface area contributed by atoms with Gasteiger partial charge in [0.2, 0.25) is 17.7 Å². The fourth-order valence-corrected chi connectivity index (χ4v) is 13.5. The van der Waals surface area contributed by atoms with E-state index in [0.717, 1.165) is 51.1 Å². The SMILES string of the molecule is O=C(OCc1ccccc1)c1cc(NC(=O)[C@H]2CCCN2C(=O)[C@H]2C3c4ccccc4C(c4ccccc43)[C@H]2C(=O)NCC23CC4CC(CC(C4)C2)C3)cc(C(=O)OCc2ccccc2)c1. The summed E-state index contributed by atoms with van der Waals surface area (Å²) in [4.78, 5) is 73.9. The molecule has 3 amide bonds. The third kappa shape index (κ3) is 7.88. The van der Waals surface area contributed by atoms with E-state index >= 15 is 9.59 Å². The van der Waals surface area contributed by atoms with Crippen molar-refractivity contribution in [2.75, 3.05) is 18.4 Å². The zero-order valence-electron chi connectivity index (χ0n) is 37.0. The third-order valence-corrected chi connectivity index (χ3v) is 15.8. The summed E-state index contributed by atoms with van der Waals surface area (Å²) in [5, 5.41) is 6.46. The molecule has 5 aromatic carbocycles. The first-order chi connectivity index (χ1) is 32.2. The molecule has 13 rings (SSSR count). The standard InChI is InChI=1S/C56H55N3O7/c60-51(58-41-26-39(54(63)65-31-34-12-3-1-4-13-34)25-40(27-41)55(64)66-32-35-14-5-2-6-15-35)46-20-11-21-59(46)53(62)50-48-44-18-9-7-16-42(44)47(43-17-8-10-19-45(43)48)49(50)52(61)57-33-56-28-36-22-37(29-56)24-38(23-36)30-56/h1-10,12-19,25-27,36-38,46-50H,11,20-24,28-33H2,(H,57,61)(H,58,60)/t36?,37?,38?,46-,47?,48?,49-,50+,56?/m1/s1. The molecule has 1 aliphatic heterocycles. The summed E-state index contributed by atoms with van der Waals surface area (Å²) in [6.07, 6.45) is 8.49. The molecule has 10 heteroatoms. The van der Waals surface area contributed by atoms with Crippen LogP contribution in [0.5, 0.6) is 0 Å². The van der Waals surface area contributed by atoms with Crippen LogP contribution in [0, 0.1) is 35.0 Å². The van der Waals surface area contributed by atoms with E-state index in [1.807, 2.05) is 84.9 Å². The Kier molecular flexibility index (Phi) is 11.1. The summed E-state index contributed by atoms with van der Waals surface area (Å²) < 4.78 is 11.3. The summed E-state index contributed by atoms with van der Waals surface area (Å²) in [7, 11) is 0. The molecule has 5 fully saturated rings. The second-order valence-corrected chi connectivity index (χ2v) is 20.0. The van der Waals surface area contributed by atoms with Gasteiger partial charge in [-0.25, -0.2) is 9.59 Å². The third-order valence-electron chi connectivity index (χ3n) is 15.8. The summed E-state index contributed by atoms with van der Waals surface area (Å²) in [5.74, 6) is -1.88. The number of carbonyl (C=O) groups excluding carboxylic acids is 5. The van der Waals surface area contributed by atoms with Crippen molar-refractivity contribution in [3.8, 4) is 0 Å². The van der Waals surface area contributed by atoms with Gasteiger partial charge in [-0.15, -0.1) is 0 Å². The van der Waals surface area contributed by atoms with Crippen LogP contribution in [0.2, 0.25) is 0 Å². The molecule has 0 unspecified atom stereocenters. The van der Waals surface area contributed by atoms with Crippen molar-refractivity contribution < 1.29 is 33.4 Å². The molecule has 0 radical (unpaired) electrons. The van der Waals surface area contributed by atoms with E-state index in [2.05, 4.69) is 34.9 Å². The van der Waals surface area contributed by atoms with Crippen molar-refractivity contribution in [2.24, 2.45) is 35.0 Å². The van der Waals surface area contributed by atoms with Crippen LogP contribution in [0.3, 0.4) is 0 Å². The van der Waals surface area contributed by atoms with Gasteiger partial charge in [-0.1, -0.05) is 109 Å². The fourth-order valence-electron chi connectivity index (χ4n) is 13.5. The Balaban J connectivity index is 0.873. The number of esters is 2. The number of benzene rings is 5. The van der Waals surface area contributed by atoms with Gasteiger partial charge in [0, 0.05) is 30.6 Å². The average molecular weight is 882 g/mol. The van der Waals surface area contributed by atoms with E-state index in [-0.39, 0.29) is 59.1 Å². The van der Waals surface area contributed by atoms with E-state index in [1.54, 1.807) is 4.90 Å². The lowest BCUT2D eigenvalue weighted by molar-refractivity contribution is -0.147. The lowest BCUT2D eigenvalue weighted by atomic mass is 9.49. The summed E-state index contributed by atoms with van der Waals surface area (Å²) in [5.41, 5.74) is 6.35. The Morgan fingerprint density at radius 2 is 1.05 bits per heavy atom. The number of nitrogens with one attached hydrogen (secondary N) is 2. The van der Waals surface area contributed by atoms with Crippen LogP contribution in [0.25, 0.3) is 0 Å². The predicted molar refractivity (Wildman–Crippen MR) is 248 cm³/mol. The average Bonchev–Trinajstić information content (AvgIpc) is 3.84. The first kappa shape index (κ1) is 42.1. The van der Waals surface area contributed by atoms with Gasteiger partial charge >= 0.3 is 11.9 Å². The highest BCUT2D eigenvalue weighted by Gasteiger charge is 2.58. The second-order valence-electron chi connectivity index (χ2n) is 20.0. The maximum absolute atomic E-state index is 15.5. The van der Waals surface area contributed by atoms with Crippen molar-refractivity contribution in [1.29, 1.82) is 0 Å². The number of amides is 3. The summed E-state index contributed by atoms with van der Waals surface area (Å²) in [6.45, 7) is 1.03. The Bertz CT molecular complexity index is 2540. The van der Waals surface area contributed by atoms with Crippen LogP contribution < -0.4 is 10.6 Å². The van der Waals surface area contributed by atoms with Gasteiger partial charge in [-0.05, 0) is 126 Å². The van der Waals surface area contributed by atoms with E-state index in [4.69, 9.17) is 9.47 Å². The van der Waals surface area contributed by atoms with Crippen LogP contribution in [0.15, 0.2) is 127 Å². The molecule has 1 saturated heterocycles. The molecule has 6 bridgehead atoms. The Morgan fingerprint density at radius 1 is 0.576 bits per heavy atom. The molecule has 1 heterocycles. The van der Waals surface area contributed by atoms with Crippen molar-refractivity contribution in [2.45, 2.75) is 82.5 Å². The number of hydrogen-bond acceptors (Lipinski definition) is 7. The molecule has 4 saturated carbocycles. The number of hydrogen-bond donors (Lipinski definition) is 2. The Labute approximate surface area is 385 Å². The fraction of sp³-hybridized carbons (Fsp3) is 0.375. The van der Waals surface area contributed by atoms with Crippen molar-refractivity contribution >= 4 is 35.3 Å². The number of nitrogens with zero attached hydrogens (tertiary/aromatic N) is 1. The van der Waals surface area contributed by atoms with Crippen LogP contribution in [-0.2, 0) is 37.1 Å². The first-order valence-corrected chi connectivity index (χ1v) is 23.8. The van der Waals surface area contributed by atoms with Crippen molar-refractivity contribution in [3.05, 3.63) is 172 Å². The molecule has 10 nitrogen and oxygen atoms in total. The largest absolute Gasteiger partial charge is 0.457 e. The Morgan fingerprint density at radius 3 is 1.55 bits per heavy atom. The van der Waals surface area contributed by atoms with E-state index in [9.17, 15) is 14.4 Å². The van der Waals surface area contributed by atoms with Gasteiger partial charge in [0.05, 0.1) is 23.0 Å². The normalized spacial score (nSPS) is 27.4. The highest BCUT2D eigenvalue weighted by molar-refractivity contribution is 6.02. The number of fused-ring (bicyclic) bond motifs is 1. The minimum atomic E-state index is -0.846. The topological polar surface area (TPSA) is 131 Å². The number of ether oxygens (including phenoxy) is 2. The van der Waals surface area contributed by atoms with Gasteiger partial charge in [0.15, 0.2) is 0 Å². The van der Waals surface area contributed by atoms with E-state index in [1.165, 1.54) is 56.7 Å². The minimum Gasteiger partial charge on any atom is -0.457 e. The minimum absolute atomic E-state index is 0.0163. The molecule has 8 aliphatic rings. The molecule has 3 atom stereocenters. The summed E-state index contributed by atoms with van der Waals surface area (Å²) in [6, 6.07) is 38.6. The maximum atomic E-state index is 15.5. The number of carbonyl (C=O) groups is 5. The molecule has 336 valence electrons. The van der Waals surface area contributed by atoms with Crippen LogP contribution in [0.1, 0.15) is 117 Å². The highest BCUT2D eigenvalue weighted by atomic mass is 16.5. The molecular weight excluding hydrogens is 827 g/mol. The number of anilines is 1. The quantitative estimate of drug-likeness (QED) is 0.120. The van der Waals surface area contributed by atoms with Crippen LogP contribution in [-0.4, -0.2) is 53.7 Å². The maximum Gasteiger partial charge on any atom is 0.338 e. The van der Waals surface area contributed by atoms with Crippen LogP contribution >= 0.6 is 0 Å². The van der Waals surface area contributed by atoms with Gasteiger partial charge in [0.25, 0.3) is 0 Å². The first-order valence-electron chi connectivity index (χ1n) is 23.8. The molecule has 5 aromatic rings. The molecule has 2 N–H and O–H groups in total. The monoisotopic (exact) mass is 881 g/mol. The lowest BCUT2D eigenvalue weighted by Crippen LogP contribution is -2.57. The molecule has 66 heavy (non-hydrogen) atoms. The smallest absolute Gasteiger partial charge is 0.338 e. The predicted octanol–water partition coefficient (Wildman–Crippen LogP) is 9.19. The van der Waals surface area contributed by atoms with Gasteiger partial charge < -0.3 is 25.0 Å². The molecule has 0 spiro atoms. The molecular formula is C56H55N3O7. The highest BCUT2D eigenvalue weighted by Crippen LogP contribution is 2.61. The van der Waals surface area contributed by atoms with E-state index in [0.29, 0.717) is 25.9 Å². The number of likely N-dealkylation sites (tertiary alicyclic amines) is 1. The van der Waals surface area contributed by atoms with E-state index < -0.39 is 35.7 Å². The van der Waals surface area contributed by atoms with Gasteiger partial charge in [-0.3, -0.25) is 14.4 Å². The Hall–Kier alpha value is -6.55.